The zero-order chi connectivity index (χ0) is 21.5. The van der Waals surface area contributed by atoms with E-state index in [2.05, 4.69) is 0 Å². The van der Waals surface area contributed by atoms with Gasteiger partial charge in [0.15, 0.2) is 11.5 Å². The van der Waals surface area contributed by atoms with Crippen molar-refractivity contribution < 1.29 is 28.5 Å². The number of hydrazone groups is 1. The van der Waals surface area contributed by atoms with Crippen LogP contribution in [0.4, 0.5) is 0 Å². The van der Waals surface area contributed by atoms with Gasteiger partial charge in [-0.05, 0) is 30.3 Å². The summed E-state index contributed by atoms with van der Waals surface area (Å²) in [6.07, 6.45) is 1.45. The van der Waals surface area contributed by atoms with Gasteiger partial charge < -0.3 is 23.7 Å². The van der Waals surface area contributed by atoms with E-state index in [1.165, 1.54) is 14.2 Å². The van der Waals surface area contributed by atoms with Gasteiger partial charge >= 0.3 is 5.97 Å². The Bertz CT molecular complexity index is 1170. The number of aromatic carboxylic acids is 1. The predicted octanol–water partition coefficient (Wildman–Crippen LogP) is 4.24. The zero-order valence-electron chi connectivity index (χ0n) is 16.9. The number of para-hydroxylation sites is 1. The lowest BCUT2D eigenvalue weighted by atomic mass is 9.96. The summed E-state index contributed by atoms with van der Waals surface area (Å²) in [7, 11) is 2.88. The third-order valence-corrected chi connectivity index (χ3v) is 5.56. The summed E-state index contributed by atoms with van der Waals surface area (Å²) in [4.78, 5) is 12.2. The van der Waals surface area contributed by atoms with E-state index in [-0.39, 0.29) is 17.4 Å². The fourth-order valence-electron chi connectivity index (χ4n) is 4.20. The van der Waals surface area contributed by atoms with Gasteiger partial charge in [-0.25, -0.2) is 9.80 Å². The van der Waals surface area contributed by atoms with Crippen molar-refractivity contribution in [1.29, 1.82) is 0 Å². The highest BCUT2D eigenvalue weighted by Gasteiger charge is 2.43. The van der Waals surface area contributed by atoms with Gasteiger partial charge in [0.25, 0.3) is 0 Å². The molecule has 0 fully saturated rings. The fourth-order valence-corrected chi connectivity index (χ4v) is 4.20. The molecule has 31 heavy (non-hydrogen) atoms. The van der Waals surface area contributed by atoms with Crippen LogP contribution in [0.15, 0.2) is 64.3 Å². The van der Waals surface area contributed by atoms with E-state index >= 15 is 0 Å². The summed E-state index contributed by atoms with van der Waals surface area (Å²) in [5, 5.41) is 16.6. The van der Waals surface area contributed by atoms with Crippen LogP contribution in [0, 0.1) is 0 Å². The maximum absolute atomic E-state index is 12.2. The molecular formula is C23H20N2O6. The molecule has 0 saturated heterocycles. The van der Waals surface area contributed by atoms with Crippen molar-refractivity contribution in [3.05, 3.63) is 77.2 Å². The van der Waals surface area contributed by atoms with Crippen molar-refractivity contribution in [1.82, 2.24) is 5.01 Å². The number of nitrogens with zero attached hydrogens (tertiary/aromatic N) is 2. The van der Waals surface area contributed by atoms with E-state index in [4.69, 9.17) is 23.7 Å². The van der Waals surface area contributed by atoms with Crippen molar-refractivity contribution >= 4 is 11.7 Å². The molecule has 3 heterocycles. The van der Waals surface area contributed by atoms with Crippen molar-refractivity contribution in [2.24, 2.45) is 5.10 Å². The van der Waals surface area contributed by atoms with Gasteiger partial charge in [0.2, 0.25) is 6.23 Å². The molecule has 2 aromatic carbocycles. The first-order valence-electron chi connectivity index (χ1n) is 9.75. The Morgan fingerprint density at radius 1 is 1.10 bits per heavy atom. The quantitative estimate of drug-likeness (QED) is 0.660. The van der Waals surface area contributed by atoms with Gasteiger partial charge in [-0.3, -0.25) is 0 Å². The topological polar surface area (TPSA) is 93.7 Å². The normalized spacial score (nSPS) is 19.2. The smallest absolute Gasteiger partial charge is 0.340 e. The summed E-state index contributed by atoms with van der Waals surface area (Å²) in [6, 6.07) is 14.6. The maximum Gasteiger partial charge on any atom is 0.340 e. The first-order chi connectivity index (χ1) is 15.1. The number of benzene rings is 2. The predicted molar refractivity (Wildman–Crippen MR) is 111 cm³/mol. The second-order valence-electron chi connectivity index (χ2n) is 7.20. The van der Waals surface area contributed by atoms with E-state index in [1.807, 2.05) is 36.4 Å². The van der Waals surface area contributed by atoms with E-state index in [1.54, 1.807) is 23.4 Å². The third-order valence-electron chi connectivity index (χ3n) is 5.56. The molecule has 8 heteroatoms. The molecular weight excluding hydrogens is 400 g/mol. The number of fused-ring (bicyclic) bond motifs is 3. The molecule has 0 amide bonds. The molecule has 0 spiro atoms. The van der Waals surface area contributed by atoms with Crippen LogP contribution in [0.1, 0.15) is 45.9 Å². The second-order valence-corrected chi connectivity index (χ2v) is 7.20. The minimum Gasteiger partial charge on any atom is -0.493 e. The van der Waals surface area contributed by atoms with Crippen LogP contribution in [-0.2, 0) is 0 Å². The number of hydrogen-bond acceptors (Lipinski definition) is 7. The molecule has 0 aliphatic carbocycles. The van der Waals surface area contributed by atoms with E-state index < -0.39 is 12.2 Å². The number of carboxylic acids is 1. The van der Waals surface area contributed by atoms with Crippen molar-refractivity contribution in [3.63, 3.8) is 0 Å². The van der Waals surface area contributed by atoms with Crippen molar-refractivity contribution in [2.75, 3.05) is 14.2 Å². The number of rotatable bonds is 5. The second kappa shape index (κ2) is 7.39. The van der Waals surface area contributed by atoms with E-state index in [0.717, 1.165) is 11.3 Å². The summed E-state index contributed by atoms with van der Waals surface area (Å²) >= 11 is 0. The van der Waals surface area contributed by atoms with Crippen LogP contribution in [0.5, 0.6) is 17.2 Å². The number of hydrogen-bond donors (Lipinski definition) is 1. The molecule has 1 aromatic heterocycles. The molecule has 8 nitrogen and oxygen atoms in total. The van der Waals surface area contributed by atoms with Crippen LogP contribution >= 0.6 is 0 Å². The lowest BCUT2D eigenvalue weighted by Gasteiger charge is -2.38. The SMILES string of the molecule is COc1ccc([C@H]2Oc3ccccc3[C@H]3CC(c4ccco4)=NN32)c(C(=O)O)c1OC. The summed E-state index contributed by atoms with van der Waals surface area (Å²) < 4.78 is 22.5. The minimum atomic E-state index is -1.14. The van der Waals surface area contributed by atoms with Gasteiger partial charge in [-0.2, -0.15) is 5.10 Å². The first-order valence-corrected chi connectivity index (χ1v) is 9.75. The minimum absolute atomic E-state index is 0.0216. The Morgan fingerprint density at radius 2 is 1.94 bits per heavy atom. The Balaban J connectivity index is 1.68. The number of methoxy groups -OCH3 is 2. The van der Waals surface area contributed by atoms with Crippen molar-refractivity contribution in [2.45, 2.75) is 18.7 Å². The molecule has 2 aliphatic heterocycles. The molecule has 1 N–H and O–H groups in total. The van der Waals surface area contributed by atoms with Crippen LogP contribution in [0.25, 0.3) is 0 Å². The maximum atomic E-state index is 12.2. The molecule has 0 radical (unpaired) electrons. The van der Waals surface area contributed by atoms with E-state index in [9.17, 15) is 9.90 Å². The van der Waals surface area contributed by atoms with Crippen LogP contribution in [-0.4, -0.2) is 36.0 Å². The number of carbonyl (C=O) groups is 1. The standard InChI is InChI=1S/C23H20N2O6/c1-28-19-10-9-14(20(23(26)27)21(19)29-2)22-25-16(13-6-3-4-7-17(13)31-22)12-15(24-25)18-8-5-11-30-18/h3-11,16,22H,12H2,1-2H3,(H,26,27)/t16-,22-/m1/s1. The highest BCUT2D eigenvalue weighted by Crippen LogP contribution is 2.49. The zero-order valence-corrected chi connectivity index (χ0v) is 16.9. The van der Waals surface area contributed by atoms with Gasteiger partial charge in [-0.1, -0.05) is 18.2 Å². The number of ether oxygens (including phenoxy) is 3. The van der Waals surface area contributed by atoms with Crippen LogP contribution in [0.3, 0.4) is 0 Å². The summed E-state index contributed by atoms with van der Waals surface area (Å²) in [6.45, 7) is 0. The number of carboxylic acid groups (broad SMARTS) is 1. The van der Waals surface area contributed by atoms with Gasteiger partial charge in [-0.15, -0.1) is 0 Å². The Hall–Kier alpha value is -3.94. The molecule has 0 saturated carbocycles. The monoisotopic (exact) mass is 420 g/mol. The molecule has 5 rings (SSSR count). The average molecular weight is 420 g/mol. The molecule has 0 unspecified atom stereocenters. The van der Waals surface area contributed by atoms with E-state index in [0.29, 0.717) is 29.2 Å². The average Bonchev–Trinajstić information content (AvgIpc) is 3.47. The van der Waals surface area contributed by atoms with Gasteiger partial charge in [0.05, 0.1) is 26.5 Å². The molecule has 2 atom stereocenters. The summed E-state index contributed by atoms with van der Waals surface area (Å²) in [5.41, 5.74) is 2.17. The van der Waals surface area contributed by atoms with Crippen LogP contribution in [0.2, 0.25) is 0 Å². The Kier molecular flexibility index (Phi) is 4.54. The largest absolute Gasteiger partial charge is 0.493 e. The highest BCUT2D eigenvalue weighted by atomic mass is 16.5. The molecule has 0 bridgehead atoms. The van der Waals surface area contributed by atoms with Crippen LogP contribution < -0.4 is 14.2 Å². The third kappa shape index (κ3) is 2.99. The lowest BCUT2D eigenvalue weighted by molar-refractivity contribution is -0.0199. The Morgan fingerprint density at radius 3 is 2.65 bits per heavy atom. The summed E-state index contributed by atoms with van der Waals surface area (Å²) in [5.74, 6) is 0.699. The first kappa shape index (κ1) is 19.0. The van der Waals surface area contributed by atoms with Gasteiger partial charge in [0, 0.05) is 17.5 Å². The number of furan rings is 1. The molecule has 3 aromatic rings. The fraction of sp³-hybridized carbons (Fsp3) is 0.217. The Labute approximate surface area is 178 Å². The van der Waals surface area contributed by atoms with Crippen molar-refractivity contribution in [3.8, 4) is 17.2 Å². The lowest BCUT2D eigenvalue weighted by Crippen LogP contribution is -2.34. The molecule has 158 valence electrons. The highest BCUT2D eigenvalue weighted by molar-refractivity contribution is 5.99. The van der Waals surface area contributed by atoms with Gasteiger partial charge in [0.1, 0.15) is 22.8 Å². The molecule has 2 aliphatic rings.